The summed E-state index contributed by atoms with van der Waals surface area (Å²) in [6.45, 7) is 6.41. The van der Waals surface area contributed by atoms with E-state index in [1.165, 1.54) is 18.2 Å². The largest absolute Gasteiger partial charge is 0.487 e. The second kappa shape index (κ2) is 5.10. The predicted molar refractivity (Wildman–Crippen MR) is 55.9 cm³/mol. The molecule has 0 saturated carbocycles. The van der Waals surface area contributed by atoms with E-state index < -0.39 is 11.6 Å². The van der Waals surface area contributed by atoms with Crippen LogP contribution in [-0.2, 0) is 0 Å². The van der Waals surface area contributed by atoms with Crippen LogP contribution in [0.4, 0.5) is 8.78 Å². The Kier molecular flexibility index (Phi) is 4.06. The van der Waals surface area contributed by atoms with Gasteiger partial charge in [-0.15, -0.1) is 0 Å². The standard InChI is InChI=1S/C12H16F2O/c1-8(2)9(3)7-15-12-10(13)5-4-6-11(12)14/h4-6,8-9H,7H2,1-3H3. The van der Waals surface area contributed by atoms with Gasteiger partial charge in [-0.2, -0.15) is 0 Å². The molecule has 0 aromatic heterocycles. The van der Waals surface area contributed by atoms with E-state index in [1.807, 2.05) is 20.8 Å². The lowest BCUT2D eigenvalue weighted by atomic mass is 9.99. The van der Waals surface area contributed by atoms with Gasteiger partial charge < -0.3 is 4.74 Å². The highest BCUT2D eigenvalue weighted by molar-refractivity contribution is 5.25. The first-order valence-corrected chi connectivity index (χ1v) is 5.09. The lowest BCUT2D eigenvalue weighted by Gasteiger charge is -2.16. The van der Waals surface area contributed by atoms with Crippen molar-refractivity contribution >= 4 is 0 Å². The zero-order valence-corrected chi connectivity index (χ0v) is 9.26. The minimum atomic E-state index is -0.647. The molecule has 1 aromatic rings. The van der Waals surface area contributed by atoms with Crippen molar-refractivity contribution in [2.75, 3.05) is 6.61 Å². The van der Waals surface area contributed by atoms with Crippen molar-refractivity contribution in [2.45, 2.75) is 20.8 Å². The van der Waals surface area contributed by atoms with Gasteiger partial charge in [0.1, 0.15) is 0 Å². The Balaban J connectivity index is 2.65. The van der Waals surface area contributed by atoms with E-state index in [0.29, 0.717) is 12.5 Å². The fraction of sp³-hybridized carbons (Fsp3) is 0.500. The molecule has 1 rings (SSSR count). The maximum Gasteiger partial charge on any atom is 0.190 e. The van der Waals surface area contributed by atoms with Crippen molar-refractivity contribution < 1.29 is 13.5 Å². The Labute approximate surface area is 89.1 Å². The molecule has 0 aliphatic rings. The zero-order chi connectivity index (χ0) is 11.4. The maximum atomic E-state index is 13.1. The first-order chi connectivity index (χ1) is 7.02. The lowest BCUT2D eigenvalue weighted by Crippen LogP contribution is -2.15. The molecule has 1 aromatic carbocycles. The van der Waals surface area contributed by atoms with E-state index in [9.17, 15) is 8.78 Å². The number of para-hydroxylation sites is 1. The van der Waals surface area contributed by atoms with E-state index in [-0.39, 0.29) is 11.7 Å². The summed E-state index contributed by atoms with van der Waals surface area (Å²) >= 11 is 0. The second-order valence-electron chi connectivity index (χ2n) is 4.08. The molecule has 0 N–H and O–H groups in total. The Morgan fingerprint density at radius 1 is 1.13 bits per heavy atom. The molecular weight excluding hydrogens is 198 g/mol. The van der Waals surface area contributed by atoms with Crippen LogP contribution in [0.25, 0.3) is 0 Å². The summed E-state index contributed by atoms with van der Waals surface area (Å²) in [6, 6.07) is 3.71. The highest BCUT2D eigenvalue weighted by Gasteiger charge is 2.13. The summed E-state index contributed by atoms with van der Waals surface area (Å²) in [6.07, 6.45) is 0. The van der Waals surface area contributed by atoms with Crippen LogP contribution in [-0.4, -0.2) is 6.61 Å². The molecule has 1 nitrogen and oxygen atoms in total. The van der Waals surface area contributed by atoms with Gasteiger partial charge in [-0.3, -0.25) is 0 Å². The van der Waals surface area contributed by atoms with Crippen molar-refractivity contribution in [3.05, 3.63) is 29.8 Å². The molecule has 15 heavy (non-hydrogen) atoms. The van der Waals surface area contributed by atoms with Gasteiger partial charge >= 0.3 is 0 Å². The molecule has 0 amide bonds. The van der Waals surface area contributed by atoms with Crippen LogP contribution in [0.1, 0.15) is 20.8 Å². The molecular formula is C12H16F2O. The third-order valence-electron chi connectivity index (χ3n) is 2.55. The van der Waals surface area contributed by atoms with E-state index in [2.05, 4.69) is 0 Å². The first kappa shape index (κ1) is 12.0. The SMILES string of the molecule is CC(C)C(C)COc1c(F)cccc1F. The zero-order valence-electron chi connectivity index (χ0n) is 9.26. The van der Waals surface area contributed by atoms with Crippen LogP contribution < -0.4 is 4.74 Å². The van der Waals surface area contributed by atoms with Crippen molar-refractivity contribution in [2.24, 2.45) is 11.8 Å². The van der Waals surface area contributed by atoms with Crippen molar-refractivity contribution in [3.8, 4) is 5.75 Å². The first-order valence-electron chi connectivity index (χ1n) is 5.09. The minimum Gasteiger partial charge on any atom is -0.487 e. The summed E-state index contributed by atoms with van der Waals surface area (Å²) in [7, 11) is 0. The normalized spacial score (nSPS) is 12.9. The number of benzene rings is 1. The molecule has 0 bridgehead atoms. The minimum absolute atomic E-state index is 0.268. The van der Waals surface area contributed by atoms with Gasteiger partial charge in [-0.25, -0.2) is 8.78 Å². The Morgan fingerprint density at radius 2 is 1.67 bits per heavy atom. The molecule has 3 heteroatoms. The molecule has 0 heterocycles. The van der Waals surface area contributed by atoms with Crippen LogP contribution in [0, 0.1) is 23.5 Å². The van der Waals surface area contributed by atoms with Crippen LogP contribution in [0.15, 0.2) is 18.2 Å². The third kappa shape index (κ3) is 3.18. The molecule has 0 aliphatic heterocycles. The van der Waals surface area contributed by atoms with Crippen LogP contribution in [0.5, 0.6) is 5.75 Å². The van der Waals surface area contributed by atoms with Crippen LogP contribution in [0.2, 0.25) is 0 Å². The smallest absolute Gasteiger partial charge is 0.190 e. The Hall–Kier alpha value is -1.12. The summed E-state index contributed by atoms with van der Waals surface area (Å²) in [5.74, 6) is -0.870. The fourth-order valence-corrected chi connectivity index (χ4v) is 1.03. The Bertz CT molecular complexity index is 303. The van der Waals surface area contributed by atoms with Gasteiger partial charge in [0.05, 0.1) is 6.61 Å². The number of hydrogen-bond donors (Lipinski definition) is 0. The molecule has 0 saturated heterocycles. The number of hydrogen-bond acceptors (Lipinski definition) is 1. The summed E-state index contributed by atoms with van der Waals surface area (Å²) in [5.41, 5.74) is 0. The molecule has 0 spiro atoms. The van der Waals surface area contributed by atoms with E-state index in [4.69, 9.17) is 4.74 Å². The third-order valence-corrected chi connectivity index (χ3v) is 2.55. The summed E-state index contributed by atoms with van der Waals surface area (Å²) in [5, 5.41) is 0. The number of rotatable bonds is 4. The second-order valence-corrected chi connectivity index (χ2v) is 4.08. The fourth-order valence-electron chi connectivity index (χ4n) is 1.03. The molecule has 0 radical (unpaired) electrons. The number of ether oxygens (including phenoxy) is 1. The van der Waals surface area contributed by atoms with Gasteiger partial charge in [-0.1, -0.05) is 26.8 Å². The van der Waals surface area contributed by atoms with Gasteiger partial charge in [0.25, 0.3) is 0 Å². The summed E-state index contributed by atoms with van der Waals surface area (Å²) in [4.78, 5) is 0. The predicted octanol–water partition coefficient (Wildman–Crippen LogP) is 3.64. The highest BCUT2D eigenvalue weighted by Crippen LogP contribution is 2.22. The van der Waals surface area contributed by atoms with E-state index >= 15 is 0 Å². The van der Waals surface area contributed by atoms with Gasteiger partial charge in [-0.05, 0) is 24.0 Å². The van der Waals surface area contributed by atoms with E-state index in [1.54, 1.807) is 0 Å². The maximum absolute atomic E-state index is 13.1. The van der Waals surface area contributed by atoms with Crippen LogP contribution in [0.3, 0.4) is 0 Å². The topological polar surface area (TPSA) is 9.23 Å². The van der Waals surface area contributed by atoms with Crippen LogP contribution >= 0.6 is 0 Å². The van der Waals surface area contributed by atoms with E-state index in [0.717, 1.165) is 0 Å². The van der Waals surface area contributed by atoms with Gasteiger partial charge in [0.15, 0.2) is 17.4 Å². The molecule has 1 unspecified atom stereocenters. The average molecular weight is 214 g/mol. The van der Waals surface area contributed by atoms with Gasteiger partial charge in [0, 0.05) is 0 Å². The Morgan fingerprint density at radius 3 is 2.13 bits per heavy atom. The van der Waals surface area contributed by atoms with Crippen molar-refractivity contribution in [3.63, 3.8) is 0 Å². The van der Waals surface area contributed by atoms with Gasteiger partial charge in [0.2, 0.25) is 0 Å². The average Bonchev–Trinajstić information content (AvgIpc) is 2.16. The summed E-state index contributed by atoms with van der Waals surface area (Å²) < 4.78 is 31.4. The lowest BCUT2D eigenvalue weighted by molar-refractivity contribution is 0.207. The molecule has 0 fully saturated rings. The van der Waals surface area contributed by atoms with Crippen molar-refractivity contribution in [1.29, 1.82) is 0 Å². The highest BCUT2D eigenvalue weighted by atomic mass is 19.1. The molecule has 0 aliphatic carbocycles. The molecule has 84 valence electrons. The number of halogens is 2. The van der Waals surface area contributed by atoms with Crippen molar-refractivity contribution in [1.82, 2.24) is 0 Å². The quantitative estimate of drug-likeness (QED) is 0.743. The molecule has 1 atom stereocenters. The monoisotopic (exact) mass is 214 g/mol.